The Bertz CT molecular complexity index is 659. The molecule has 2 rings (SSSR count). The van der Waals surface area contributed by atoms with Gasteiger partial charge in [0.05, 0.1) is 12.1 Å². The zero-order valence-electron chi connectivity index (χ0n) is 13.4. The van der Waals surface area contributed by atoms with Gasteiger partial charge in [-0.05, 0) is 12.8 Å². The van der Waals surface area contributed by atoms with Crippen molar-refractivity contribution in [3.63, 3.8) is 0 Å². The molecule has 0 saturated heterocycles. The molecule has 0 aliphatic heterocycles. The maximum absolute atomic E-state index is 12.6. The average molecular weight is 362 g/mol. The van der Waals surface area contributed by atoms with Crippen molar-refractivity contribution in [2.24, 2.45) is 5.92 Å². The van der Waals surface area contributed by atoms with E-state index in [1.165, 1.54) is 11.4 Å². The third kappa shape index (κ3) is 4.06. The summed E-state index contributed by atoms with van der Waals surface area (Å²) in [7, 11) is -2.39. The fourth-order valence-electron chi connectivity index (χ4n) is 2.43. The molecule has 10 heteroatoms. The number of rotatable bonds is 5. The molecule has 0 unspecified atom stereocenters. The molecule has 1 aromatic heterocycles. The zero-order chi connectivity index (χ0) is 17.2. The number of carbonyl (C=O) groups excluding carboxylic acids is 1. The van der Waals surface area contributed by atoms with Gasteiger partial charge in [0, 0.05) is 13.0 Å². The van der Waals surface area contributed by atoms with Crippen LogP contribution in [0.3, 0.4) is 0 Å². The van der Waals surface area contributed by atoms with Crippen LogP contribution in [0.5, 0.6) is 0 Å². The summed E-state index contributed by atoms with van der Waals surface area (Å²) in [4.78, 5) is 11.6. The average Bonchev–Trinajstić information content (AvgIpc) is 2.96. The van der Waals surface area contributed by atoms with Gasteiger partial charge in [-0.1, -0.05) is 38.0 Å². The van der Waals surface area contributed by atoms with Crippen LogP contribution in [0, 0.1) is 5.92 Å². The molecule has 1 aromatic rings. The van der Waals surface area contributed by atoms with Gasteiger partial charge < -0.3 is 10.4 Å². The van der Waals surface area contributed by atoms with E-state index in [1.54, 1.807) is 13.8 Å². The van der Waals surface area contributed by atoms with Crippen molar-refractivity contribution < 1.29 is 18.3 Å². The van der Waals surface area contributed by atoms with Crippen LogP contribution in [0.15, 0.2) is 4.34 Å². The molecule has 1 saturated carbocycles. The molecule has 23 heavy (non-hydrogen) atoms. The largest absolute Gasteiger partial charge is 0.391 e. The molecular formula is C13H22N4O4S2. The van der Waals surface area contributed by atoms with Gasteiger partial charge in [0.25, 0.3) is 10.0 Å². The highest BCUT2D eigenvalue weighted by atomic mass is 32.2. The summed E-state index contributed by atoms with van der Waals surface area (Å²) in [6.07, 6.45) is 2.32. The molecule has 1 heterocycles. The predicted molar refractivity (Wildman–Crippen MR) is 86.6 cm³/mol. The SMILES string of the molecule is CC(C)C(=O)Nc1nnc(S(=O)(=O)N(C)[C@H]2CCCC[C@H]2O)s1. The number of sulfonamides is 1. The van der Waals surface area contributed by atoms with E-state index >= 15 is 0 Å². The lowest BCUT2D eigenvalue weighted by molar-refractivity contribution is -0.118. The van der Waals surface area contributed by atoms with E-state index in [1.807, 2.05) is 0 Å². The van der Waals surface area contributed by atoms with E-state index in [-0.39, 0.29) is 21.3 Å². The van der Waals surface area contributed by atoms with Crippen LogP contribution >= 0.6 is 11.3 Å². The van der Waals surface area contributed by atoms with Gasteiger partial charge in [0.2, 0.25) is 15.4 Å². The molecule has 0 bridgehead atoms. The van der Waals surface area contributed by atoms with Gasteiger partial charge in [-0.15, -0.1) is 10.2 Å². The van der Waals surface area contributed by atoms with Crippen molar-refractivity contribution in [1.82, 2.24) is 14.5 Å². The van der Waals surface area contributed by atoms with E-state index in [9.17, 15) is 18.3 Å². The van der Waals surface area contributed by atoms with E-state index in [4.69, 9.17) is 0 Å². The van der Waals surface area contributed by atoms with Crippen LogP contribution in [0.25, 0.3) is 0 Å². The predicted octanol–water partition coefficient (Wildman–Crippen LogP) is 1.06. The minimum absolute atomic E-state index is 0.153. The Morgan fingerprint density at radius 1 is 1.35 bits per heavy atom. The summed E-state index contributed by atoms with van der Waals surface area (Å²) >= 11 is 0.814. The second kappa shape index (κ2) is 7.20. The van der Waals surface area contributed by atoms with Gasteiger partial charge in [-0.25, -0.2) is 8.42 Å². The number of aliphatic hydroxyl groups excluding tert-OH is 1. The molecule has 0 aromatic carbocycles. The second-order valence-electron chi connectivity index (χ2n) is 5.96. The minimum Gasteiger partial charge on any atom is -0.391 e. The summed E-state index contributed by atoms with van der Waals surface area (Å²) in [5.41, 5.74) is 0. The molecule has 2 atom stereocenters. The number of aliphatic hydroxyl groups is 1. The first-order valence-corrected chi connectivity index (χ1v) is 9.79. The Morgan fingerprint density at radius 2 is 2.00 bits per heavy atom. The first kappa shape index (κ1) is 18.2. The minimum atomic E-state index is -3.84. The van der Waals surface area contributed by atoms with E-state index in [0.717, 1.165) is 24.2 Å². The highest BCUT2D eigenvalue weighted by Gasteiger charge is 2.36. The lowest BCUT2D eigenvalue weighted by Gasteiger charge is -2.33. The Labute approximate surface area is 140 Å². The van der Waals surface area contributed by atoms with E-state index in [2.05, 4.69) is 15.5 Å². The first-order chi connectivity index (χ1) is 10.7. The molecular weight excluding hydrogens is 340 g/mol. The van der Waals surface area contributed by atoms with Crippen LogP contribution < -0.4 is 5.32 Å². The number of amides is 1. The van der Waals surface area contributed by atoms with Crippen molar-refractivity contribution >= 4 is 32.4 Å². The van der Waals surface area contributed by atoms with Gasteiger partial charge in [-0.2, -0.15) is 4.31 Å². The van der Waals surface area contributed by atoms with E-state index in [0.29, 0.717) is 12.8 Å². The Balaban J connectivity index is 2.16. The monoisotopic (exact) mass is 362 g/mol. The number of nitrogens with zero attached hydrogens (tertiary/aromatic N) is 3. The van der Waals surface area contributed by atoms with Gasteiger partial charge in [0.15, 0.2) is 0 Å². The molecule has 1 aliphatic rings. The third-order valence-electron chi connectivity index (χ3n) is 3.92. The molecule has 1 fully saturated rings. The standard InChI is InChI=1S/C13H22N4O4S2/c1-8(2)11(19)14-12-15-16-13(22-12)23(20,21)17(3)9-6-4-5-7-10(9)18/h8-10,18H,4-7H2,1-3H3,(H,14,15,19)/t9-,10+/m0/s1. The second-order valence-corrected chi connectivity index (χ2v) is 9.11. The van der Waals surface area contributed by atoms with Crippen molar-refractivity contribution in [3.05, 3.63) is 0 Å². The summed E-state index contributed by atoms with van der Waals surface area (Å²) in [6.45, 7) is 3.46. The van der Waals surface area contributed by atoms with Crippen LogP contribution in [-0.4, -0.2) is 53.1 Å². The van der Waals surface area contributed by atoms with Crippen LogP contribution in [-0.2, 0) is 14.8 Å². The van der Waals surface area contributed by atoms with Crippen LogP contribution in [0.2, 0.25) is 0 Å². The molecule has 0 spiro atoms. The first-order valence-electron chi connectivity index (χ1n) is 7.54. The van der Waals surface area contributed by atoms with Gasteiger partial charge in [0.1, 0.15) is 0 Å². The summed E-state index contributed by atoms with van der Waals surface area (Å²) in [6, 6.07) is -0.452. The lowest BCUT2D eigenvalue weighted by atomic mass is 9.93. The summed E-state index contributed by atoms with van der Waals surface area (Å²) < 4.78 is 26.2. The molecule has 1 amide bonds. The maximum atomic E-state index is 12.6. The summed E-state index contributed by atoms with van der Waals surface area (Å²) in [5, 5.41) is 20.1. The number of nitrogens with one attached hydrogen (secondary N) is 1. The number of anilines is 1. The summed E-state index contributed by atoms with van der Waals surface area (Å²) in [5.74, 6) is -0.486. The number of hydrogen-bond acceptors (Lipinski definition) is 7. The van der Waals surface area contributed by atoms with Crippen molar-refractivity contribution in [2.75, 3.05) is 12.4 Å². The van der Waals surface area contributed by atoms with Gasteiger partial charge >= 0.3 is 0 Å². The molecule has 130 valence electrons. The number of likely N-dealkylation sites (N-methyl/N-ethyl adjacent to an activating group) is 1. The van der Waals surface area contributed by atoms with Gasteiger partial charge in [-0.3, -0.25) is 4.79 Å². The van der Waals surface area contributed by atoms with Crippen molar-refractivity contribution in [2.45, 2.75) is 56.0 Å². The fourth-order valence-corrected chi connectivity index (χ4v) is 4.92. The quantitative estimate of drug-likeness (QED) is 0.757. The fraction of sp³-hybridized carbons (Fsp3) is 0.769. The zero-order valence-corrected chi connectivity index (χ0v) is 15.0. The Hall–Kier alpha value is -1.10. The molecule has 1 aliphatic carbocycles. The van der Waals surface area contributed by atoms with Crippen molar-refractivity contribution in [1.29, 1.82) is 0 Å². The molecule has 8 nitrogen and oxygen atoms in total. The normalized spacial score (nSPS) is 22.5. The molecule has 2 N–H and O–H groups in total. The van der Waals surface area contributed by atoms with Crippen LogP contribution in [0.4, 0.5) is 5.13 Å². The molecule has 0 radical (unpaired) electrons. The smallest absolute Gasteiger partial charge is 0.272 e. The number of aromatic nitrogens is 2. The van der Waals surface area contributed by atoms with Crippen LogP contribution in [0.1, 0.15) is 39.5 Å². The lowest BCUT2D eigenvalue weighted by Crippen LogP contribution is -2.46. The highest BCUT2D eigenvalue weighted by Crippen LogP contribution is 2.29. The number of hydrogen-bond donors (Lipinski definition) is 2. The topological polar surface area (TPSA) is 112 Å². The number of carbonyl (C=O) groups is 1. The van der Waals surface area contributed by atoms with E-state index < -0.39 is 22.2 Å². The van der Waals surface area contributed by atoms with Crippen molar-refractivity contribution in [3.8, 4) is 0 Å². The third-order valence-corrected chi connectivity index (χ3v) is 6.99. The Morgan fingerprint density at radius 3 is 2.61 bits per heavy atom. The highest BCUT2D eigenvalue weighted by molar-refractivity contribution is 7.91. The maximum Gasteiger partial charge on any atom is 0.272 e. The Kier molecular flexibility index (Phi) is 5.71.